The van der Waals surface area contributed by atoms with Crippen LogP contribution in [-0.4, -0.2) is 48.3 Å². The van der Waals surface area contributed by atoms with E-state index in [1.165, 1.54) is 30.1 Å². The number of hydrogen-bond acceptors (Lipinski definition) is 3. The van der Waals surface area contributed by atoms with Crippen molar-refractivity contribution in [2.75, 3.05) is 26.0 Å². The molecule has 0 aliphatic carbocycles. The Kier molecular flexibility index (Phi) is 7.61. The summed E-state index contributed by atoms with van der Waals surface area (Å²) in [6.45, 7) is 3.91. The number of halogens is 3. The lowest BCUT2D eigenvalue weighted by molar-refractivity contribution is -0.138. The zero-order valence-electron chi connectivity index (χ0n) is 17.5. The Bertz CT molecular complexity index is 882. The van der Waals surface area contributed by atoms with Gasteiger partial charge in [0.25, 0.3) is 0 Å². The van der Waals surface area contributed by atoms with Gasteiger partial charge in [0, 0.05) is 13.6 Å². The highest BCUT2D eigenvalue weighted by atomic mass is 19.4. The van der Waals surface area contributed by atoms with Crippen molar-refractivity contribution in [2.24, 2.45) is 0 Å². The molecule has 1 unspecified atom stereocenters. The molecule has 1 N–H and O–H groups in total. The van der Waals surface area contributed by atoms with E-state index in [4.69, 9.17) is 0 Å². The number of amides is 2. The largest absolute Gasteiger partial charge is 0.418 e. The molecule has 0 heterocycles. The van der Waals surface area contributed by atoms with Gasteiger partial charge >= 0.3 is 6.18 Å². The summed E-state index contributed by atoms with van der Waals surface area (Å²) < 4.78 is 39.2. The van der Waals surface area contributed by atoms with E-state index in [0.29, 0.717) is 6.54 Å². The van der Waals surface area contributed by atoms with E-state index in [0.717, 1.165) is 17.2 Å². The van der Waals surface area contributed by atoms with Gasteiger partial charge < -0.3 is 10.2 Å². The zero-order valence-corrected chi connectivity index (χ0v) is 17.5. The van der Waals surface area contributed by atoms with Crippen molar-refractivity contribution in [3.63, 3.8) is 0 Å². The van der Waals surface area contributed by atoms with Crippen molar-refractivity contribution in [3.05, 3.63) is 65.2 Å². The number of benzene rings is 2. The van der Waals surface area contributed by atoms with E-state index in [1.807, 2.05) is 36.1 Å². The fourth-order valence-electron chi connectivity index (χ4n) is 2.95. The van der Waals surface area contributed by atoms with Crippen molar-refractivity contribution >= 4 is 17.5 Å². The number of nitrogens with zero attached hydrogens (tertiary/aromatic N) is 2. The highest BCUT2D eigenvalue weighted by Gasteiger charge is 2.33. The lowest BCUT2D eigenvalue weighted by Crippen LogP contribution is -2.46. The molecule has 0 saturated carbocycles. The minimum absolute atomic E-state index is 0.302. The number of aryl methyl sites for hydroxylation is 1. The van der Waals surface area contributed by atoms with Crippen LogP contribution in [0.5, 0.6) is 0 Å². The predicted octanol–water partition coefficient (Wildman–Crippen LogP) is 3.93. The Balaban J connectivity index is 1.96. The molecule has 2 rings (SSSR count). The van der Waals surface area contributed by atoms with E-state index >= 15 is 0 Å². The molecule has 0 radical (unpaired) electrons. The Hall–Kier alpha value is -2.87. The molecule has 0 spiro atoms. The Labute approximate surface area is 174 Å². The molecule has 1 atom stereocenters. The van der Waals surface area contributed by atoms with Gasteiger partial charge in [0.15, 0.2) is 0 Å². The summed E-state index contributed by atoms with van der Waals surface area (Å²) in [4.78, 5) is 28.0. The molecule has 2 amide bonds. The molecule has 0 saturated heterocycles. The first-order chi connectivity index (χ1) is 14.0. The zero-order chi connectivity index (χ0) is 22.5. The second-order valence-electron chi connectivity index (χ2n) is 7.36. The lowest BCUT2D eigenvalue weighted by Gasteiger charge is -2.28. The molecule has 0 bridgehead atoms. The Morgan fingerprint density at radius 2 is 1.63 bits per heavy atom. The summed E-state index contributed by atoms with van der Waals surface area (Å²) in [5.41, 5.74) is 0.925. The molecule has 5 nitrogen and oxygen atoms in total. The number of rotatable bonds is 7. The molecule has 0 fully saturated rings. The van der Waals surface area contributed by atoms with Gasteiger partial charge in [-0.15, -0.1) is 0 Å². The molecular weight excluding hydrogens is 395 g/mol. The normalized spacial score (nSPS) is 12.5. The fourth-order valence-corrected chi connectivity index (χ4v) is 2.95. The number of anilines is 1. The molecule has 0 aromatic heterocycles. The Morgan fingerprint density at radius 3 is 2.23 bits per heavy atom. The topological polar surface area (TPSA) is 52.7 Å². The first-order valence-electron chi connectivity index (χ1n) is 9.46. The van der Waals surface area contributed by atoms with Crippen LogP contribution in [0.3, 0.4) is 0 Å². The van der Waals surface area contributed by atoms with Crippen LogP contribution < -0.4 is 5.32 Å². The number of likely N-dealkylation sites (N-methyl/N-ethyl adjacent to an activating group) is 2. The maximum absolute atomic E-state index is 13.1. The van der Waals surface area contributed by atoms with Crippen LogP contribution in [0.4, 0.5) is 18.9 Å². The average molecular weight is 421 g/mol. The molecule has 8 heteroatoms. The molecule has 2 aromatic rings. The van der Waals surface area contributed by atoms with Gasteiger partial charge in [-0.2, -0.15) is 13.2 Å². The Morgan fingerprint density at radius 1 is 1.03 bits per heavy atom. The number of hydrogen-bond donors (Lipinski definition) is 1. The molecule has 2 aromatic carbocycles. The third-order valence-corrected chi connectivity index (χ3v) is 4.83. The summed E-state index contributed by atoms with van der Waals surface area (Å²) >= 11 is 0. The maximum atomic E-state index is 13.1. The fraction of sp³-hybridized carbons (Fsp3) is 0.364. The van der Waals surface area contributed by atoms with Crippen molar-refractivity contribution in [1.82, 2.24) is 9.80 Å². The first kappa shape index (κ1) is 23.4. The van der Waals surface area contributed by atoms with Crippen LogP contribution in [0.25, 0.3) is 0 Å². The van der Waals surface area contributed by atoms with Crippen LogP contribution in [0.2, 0.25) is 0 Å². The number of alkyl halides is 3. The van der Waals surface area contributed by atoms with Gasteiger partial charge in [-0.25, -0.2) is 0 Å². The summed E-state index contributed by atoms with van der Waals surface area (Å²) in [6.07, 6.45) is -4.58. The van der Waals surface area contributed by atoms with Crippen molar-refractivity contribution < 1.29 is 22.8 Å². The van der Waals surface area contributed by atoms with Crippen molar-refractivity contribution in [2.45, 2.75) is 32.6 Å². The molecule has 0 aliphatic rings. The van der Waals surface area contributed by atoms with Crippen LogP contribution >= 0.6 is 0 Å². The average Bonchev–Trinajstić information content (AvgIpc) is 2.68. The minimum Gasteiger partial charge on any atom is -0.335 e. The molecule has 30 heavy (non-hydrogen) atoms. The van der Waals surface area contributed by atoms with E-state index in [2.05, 4.69) is 5.32 Å². The van der Waals surface area contributed by atoms with Crippen LogP contribution in [-0.2, 0) is 22.3 Å². The predicted molar refractivity (Wildman–Crippen MR) is 110 cm³/mol. The van der Waals surface area contributed by atoms with Crippen LogP contribution in [0.15, 0.2) is 48.5 Å². The van der Waals surface area contributed by atoms with Gasteiger partial charge in [0.2, 0.25) is 11.8 Å². The van der Waals surface area contributed by atoms with Crippen LogP contribution in [0, 0.1) is 6.92 Å². The molecule has 162 valence electrons. The summed E-state index contributed by atoms with van der Waals surface area (Å²) in [6, 6.07) is 12.2. The van der Waals surface area contributed by atoms with Gasteiger partial charge in [0.05, 0.1) is 23.8 Å². The van der Waals surface area contributed by atoms with E-state index in [1.54, 1.807) is 14.0 Å². The van der Waals surface area contributed by atoms with Gasteiger partial charge in [-0.3, -0.25) is 14.5 Å². The summed E-state index contributed by atoms with van der Waals surface area (Å²) in [7, 11) is 3.25. The summed E-state index contributed by atoms with van der Waals surface area (Å²) in [5.74, 6) is -1.00. The molecular formula is C22H26F3N3O2. The standard InChI is InChI=1S/C22H26F3N3O2/c1-15-9-11-17(12-10-15)13-27(3)16(2)21(30)28(4)14-20(29)26-19-8-6-5-7-18(19)22(23,24)25/h5-12,16H,13-14H2,1-4H3,(H,26,29). The quantitative estimate of drug-likeness (QED) is 0.737. The first-order valence-corrected chi connectivity index (χ1v) is 9.46. The SMILES string of the molecule is Cc1ccc(CN(C)C(C)C(=O)N(C)CC(=O)Nc2ccccc2C(F)(F)F)cc1. The van der Waals surface area contributed by atoms with E-state index < -0.39 is 23.7 Å². The van der Waals surface area contributed by atoms with Crippen molar-refractivity contribution in [1.29, 1.82) is 0 Å². The number of nitrogens with one attached hydrogen (secondary N) is 1. The smallest absolute Gasteiger partial charge is 0.335 e. The third kappa shape index (κ3) is 6.32. The van der Waals surface area contributed by atoms with Gasteiger partial charge in [0.1, 0.15) is 0 Å². The third-order valence-electron chi connectivity index (χ3n) is 4.83. The highest BCUT2D eigenvalue weighted by molar-refractivity contribution is 5.95. The van der Waals surface area contributed by atoms with Crippen molar-refractivity contribution in [3.8, 4) is 0 Å². The molecule has 0 aliphatic heterocycles. The highest BCUT2D eigenvalue weighted by Crippen LogP contribution is 2.34. The summed E-state index contributed by atoms with van der Waals surface area (Å²) in [5, 5.41) is 2.25. The van der Waals surface area contributed by atoms with E-state index in [-0.39, 0.29) is 18.1 Å². The number of carbonyl (C=O) groups excluding carboxylic acids is 2. The minimum atomic E-state index is -4.58. The monoisotopic (exact) mass is 421 g/mol. The van der Waals surface area contributed by atoms with E-state index in [9.17, 15) is 22.8 Å². The lowest BCUT2D eigenvalue weighted by atomic mass is 10.1. The number of carbonyl (C=O) groups is 2. The van der Waals surface area contributed by atoms with Crippen LogP contribution in [0.1, 0.15) is 23.6 Å². The second-order valence-corrected chi connectivity index (χ2v) is 7.36. The maximum Gasteiger partial charge on any atom is 0.418 e. The second kappa shape index (κ2) is 9.75. The van der Waals surface area contributed by atoms with Gasteiger partial charge in [-0.05, 0) is 38.6 Å². The number of para-hydroxylation sites is 1. The van der Waals surface area contributed by atoms with Gasteiger partial charge in [-0.1, -0.05) is 42.0 Å².